The van der Waals surface area contributed by atoms with Gasteiger partial charge in [0, 0.05) is 17.0 Å². The van der Waals surface area contributed by atoms with Crippen molar-refractivity contribution in [2.24, 2.45) is 5.92 Å². The molecule has 3 aromatic rings. The molecule has 1 amide bonds. The average Bonchev–Trinajstić information content (AvgIpc) is 3.24. The Hall–Kier alpha value is -3.12. The SMILES string of the molecule is COc1ccc(-c2csc(NC(=O)C=Cc3ccc(OCCCC(C)C)cc3)n2)cc1. The number of carbonyl (C=O) groups is 1. The minimum atomic E-state index is -0.218. The molecule has 0 saturated heterocycles. The van der Waals surface area contributed by atoms with E-state index in [2.05, 4.69) is 24.1 Å². The molecule has 162 valence electrons. The smallest absolute Gasteiger partial charge is 0.250 e. The second-order valence-corrected chi connectivity index (χ2v) is 8.40. The highest BCUT2D eigenvalue weighted by Gasteiger charge is 2.07. The largest absolute Gasteiger partial charge is 0.497 e. The van der Waals surface area contributed by atoms with Gasteiger partial charge in [0.2, 0.25) is 5.91 Å². The standard InChI is InChI=1S/C25H28N2O3S/c1-18(2)5-4-16-30-22-11-6-19(7-12-22)8-15-24(28)27-25-26-23(17-31-25)20-9-13-21(29-3)14-10-20/h6-15,17-18H,4-5,16H2,1-3H3,(H,26,27,28). The predicted octanol–water partition coefficient (Wildman–Crippen LogP) is 6.29. The zero-order chi connectivity index (χ0) is 22.1. The van der Waals surface area contributed by atoms with Crippen molar-refractivity contribution >= 4 is 28.5 Å². The summed E-state index contributed by atoms with van der Waals surface area (Å²) in [5.74, 6) is 2.12. The zero-order valence-corrected chi connectivity index (χ0v) is 18.9. The predicted molar refractivity (Wildman–Crippen MR) is 128 cm³/mol. The number of methoxy groups -OCH3 is 1. The number of nitrogens with one attached hydrogen (secondary N) is 1. The van der Waals surface area contributed by atoms with E-state index >= 15 is 0 Å². The van der Waals surface area contributed by atoms with Crippen LogP contribution in [0.25, 0.3) is 17.3 Å². The van der Waals surface area contributed by atoms with Crippen LogP contribution in [-0.2, 0) is 4.79 Å². The molecule has 0 spiro atoms. The van der Waals surface area contributed by atoms with Crippen LogP contribution in [0.4, 0.5) is 5.13 Å². The van der Waals surface area contributed by atoms with Crippen LogP contribution in [0.5, 0.6) is 11.5 Å². The Labute approximate surface area is 187 Å². The molecular weight excluding hydrogens is 408 g/mol. The number of nitrogens with zero attached hydrogens (tertiary/aromatic N) is 1. The summed E-state index contributed by atoms with van der Waals surface area (Å²) in [4.78, 5) is 16.7. The van der Waals surface area contributed by atoms with Gasteiger partial charge in [0.1, 0.15) is 11.5 Å². The van der Waals surface area contributed by atoms with E-state index in [4.69, 9.17) is 9.47 Å². The maximum absolute atomic E-state index is 12.2. The summed E-state index contributed by atoms with van der Waals surface area (Å²) < 4.78 is 10.9. The molecule has 0 atom stereocenters. The fraction of sp³-hybridized carbons (Fsp3) is 0.280. The van der Waals surface area contributed by atoms with Gasteiger partial charge in [-0.15, -0.1) is 11.3 Å². The maximum atomic E-state index is 12.2. The lowest BCUT2D eigenvalue weighted by Gasteiger charge is -2.07. The number of aromatic nitrogens is 1. The lowest BCUT2D eigenvalue weighted by atomic mass is 10.1. The number of hydrogen-bond acceptors (Lipinski definition) is 5. The van der Waals surface area contributed by atoms with E-state index in [0.29, 0.717) is 11.0 Å². The van der Waals surface area contributed by atoms with Crippen LogP contribution in [0.3, 0.4) is 0 Å². The fourth-order valence-corrected chi connectivity index (χ4v) is 3.62. The molecule has 1 N–H and O–H groups in total. The molecule has 1 aromatic heterocycles. The van der Waals surface area contributed by atoms with Gasteiger partial charge in [-0.2, -0.15) is 0 Å². The van der Waals surface area contributed by atoms with Crippen molar-refractivity contribution in [1.82, 2.24) is 4.98 Å². The molecule has 31 heavy (non-hydrogen) atoms. The molecule has 0 fully saturated rings. The Balaban J connectivity index is 1.49. The molecule has 0 unspecified atom stereocenters. The van der Waals surface area contributed by atoms with Gasteiger partial charge in [0.25, 0.3) is 0 Å². The molecule has 0 aliphatic carbocycles. The monoisotopic (exact) mass is 436 g/mol. The van der Waals surface area contributed by atoms with E-state index in [9.17, 15) is 4.79 Å². The van der Waals surface area contributed by atoms with Crippen molar-refractivity contribution in [1.29, 1.82) is 0 Å². The van der Waals surface area contributed by atoms with Crippen LogP contribution in [-0.4, -0.2) is 24.6 Å². The van der Waals surface area contributed by atoms with Crippen LogP contribution >= 0.6 is 11.3 Å². The number of anilines is 1. The van der Waals surface area contributed by atoms with Gasteiger partial charge in [-0.1, -0.05) is 26.0 Å². The van der Waals surface area contributed by atoms with Crippen molar-refractivity contribution in [2.75, 3.05) is 19.0 Å². The topological polar surface area (TPSA) is 60.5 Å². The van der Waals surface area contributed by atoms with E-state index in [1.807, 2.05) is 53.9 Å². The fourth-order valence-electron chi connectivity index (χ4n) is 2.90. The quantitative estimate of drug-likeness (QED) is 0.300. The third-order valence-electron chi connectivity index (χ3n) is 4.62. The molecule has 0 aliphatic heterocycles. The van der Waals surface area contributed by atoms with Gasteiger partial charge >= 0.3 is 0 Å². The third-order valence-corrected chi connectivity index (χ3v) is 5.38. The summed E-state index contributed by atoms with van der Waals surface area (Å²) in [6, 6.07) is 15.4. The molecule has 0 radical (unpaired) electrons. The number of amides is 1. The number of rotatable bonds is 10. The van der Waals surface area contributed by atoms with Gasteiger partial charge in [-0.3, -0.25) is 10.1 Å². The Morgan fingerprint density at radius 2 is 1.81 bits per heavy atom. The zero-order valence-electron chi connectivity index (χ0n) is 18.1. The van der Waals surface area contributed by atoms with Gasteiger partial charge in [-0.05, 0) is 66.8 Å². The third kappa shape index (κ3) is 7.26. The van der Waals surface area contributed by atoms with Gasteiger partial charge in [-0.25, -0.2) is 4.98 Å². The van der Waals surface area contributed by atoms with E-state index in [1.54, 1.807) is 13.2 Å². The molecule has 0 aliphatic rings. The second kappa shape index (κ2) is 11.3. The van der Waals surface area contributed by atoms with Crippen molar-refractivity contribution in [3.05, 3.63) is 65.6 Å². The van der Waals surface area contributed by atoms with Crippen molar-refractivity contribution in [3.8, 4) is 22.8 Å². The summed E-state index contributed by atoms with van der Waals surface area (Å²) in [6.45, 7) is 5.15. The van der Waals surface area contributed by atoms with Gasteiger partial charge < -0.3 is 9.47 Å². The summed E-state index contributed by atoms with van der Waals surface area (Å²) >= 11 is 1.39. The van der Waals surface area contributed by atoms with Crippen LogP contribution in [0.2, 0.25) is 0 Å². The van der Waals surface area contributed by atoms with Gasteiger partial charge in [0.15, 0.2) is 5.13 Å². The van der Waals surface area contributed by atoms with Crippen molar-refractivity contribution < 1.29 is 14.3 Å². The molecule has 1 heterocycles. The summed E-state index contributed by atoms with van der Waals surface area (Å²) in [6.07, 6.45) is 5.50. The van der Waals surface area contributed by atoms with Gasteiger partial charge in [0.05, 0.1) is 19.4 Å². The molecule has 6 heteroatoms. The second-order valence-electron chi connectivity index (χ2n) is 7.54. The lowest BCUT2D eigenvalue weighted by molar-refractivity contribution is -0.111. The van der Waals surface area contributed by atoms with Crippen LogP contribution in [0.15, 0.2) is 60.0 Å². The maximum Gasteiger partial charge on any atom is 0.250 e. The first-order valence-corrected chi connectivity index (χ1v) is 11.2. The number of carbonyl (C=O) groups excluding carboxylic acids is 1. The van der Waals surface area contributed by atoms with E-state index < -0.39 is 0 Å². The van der Waals surface area contributed by atoms with Crippen molar-refractivity contribution in [2.45, 2.75) is 26.7 Å². The highest BCUT2D eigenvalue weighted by molar-refractivity contribution is 7.14. The van der Waals surface area contributed by atoms with Crippen LogP contribution in [0, 0.1) is 5.92 Å². The number of ether oxygens (including phenoxy) is 2. The van der Waals surface area contributed by atoms with E-state index in [0.717, 1.165) is 47.8 Å². The van der Waals surface area contributed by atoms with E-state index in [1.165, 1.54) is 17.4 Å². The molecule has 0 saturated carbocycles. The molecule has 2 aromatic carbocycles. The normalized spacial score (nSPS) is 11.1. The first kappa shape index (κ1) is 22.6. The minimum absolute atomic E-state index is 0.218. The number of hydrogen-bond donors (Lipinski definition) is 1. The first-order chi connectivity index (χ1) is 15.0. The van der Waals surface area contributed by atoms with Crippen molar-refractivity contribution in [3.63, 3.8) is 0 Å². The Kier molecular flexibility index (Phi) is 8.24. The van der Waals surface area contributed by atoms with E-state index in [-0.39, 0.29) is 5.91 Å². The minimum Gasteiger partial charge on any atom is -0.497 e. The Morgan fingerprint density at radius 1 is 1.10 bits per heavy atom. The molecule has 0 bridgehead atoms. The summed E-state index contributed by atoms with van der Waals surface area (Å²) in [5.41, 5.74) is 2.72. The van der Waals surface area contributed by atoms with Crippen LogP contribution < -0.4 is 14.8 Å². The first-order valence-electron chi connectivity index (χ1n) is 10.4. The molecule has 5 nitrogen and oxygen atoms in total. The number of benzene rings is 2. The molecule has 3 rings (SSSR count). The highest BCUT2D eigenvalue weighted by atomic mass is 32.1. The lowest BCUT2D eigenvalue weighted by Crippen LogP contribution is -2.07. The highest BCUT2D eigenvalue weighted by Crippen LogP contribution is 2.26. The number of thiazole rings is 1. The summed E-state index contributed by atoms with van der Waals surface area (Å²) in [7, 11) is 1.64. The average molecular weight is 437 g/mol. The van der Waals surface area contributed by atoms with Crippen LogP contribution in [0.1, 0.15) is 32.3 Å². The molecular formula is C25H28N2O3S. The Bertz CT molecular complexity index is 992. The Morgan fingerprint density at radius 3 is 2.48 bits per heavy atom. The summed E-state index contributed by atoms with van der Waals surface area (Å²) in [5, 5.41) is 5.29.